The van der Waals surface area contributed by atoms with Crippen molar-refractivity contribution in [2.45, 2.75) is 6.42 Å². The molecule has 0 unspecified atom stereocenters. The van der Waals surface area contributed by atoms with Crippen molar-refractivity contribution in [3.8, 4) is 5.75 Å². The fourth-order valence-electron chi connectivity index (χ4n) is 1.39. The summed E-state index contributed by atoms with van der Waals surface area (Å²) in [5.74, 6) is 0.822. The largest absolute Gasteiger partial charge is 0.508 e. The van der Waals surface area contributed by atoms with Crippen molar-refractivity contribution < 1.29 is 9.52 Å². The molecule has 0 radical (unpaired) electrons. The van der Waals surface area contributed by atoms with Crippen molar-refractivity contribution in [1.29, 1.82) is 0 Å². The van der Waals surface area contributed by atoms with Crippen LogP contribution in [0, 0.1) is 0 Å². The molecule has 0 saturated heterocycles. The highest BCUT2D eigenvalue weighted by atomic mass is 16.4. The molecule has 0 saturated carbocycles. The van der Waals surface area contributed by atoms with Gasteiger partial charge in [-0.1, -0.05) is 5.10 Å². The van der Waals surface area contributed by atoms with E-state index >= 15 is 0 Å². The van der Waals surface area contributed by atoms with Crippen molar-refractivity contribution in [2.75, 3.05) is 26.0 Å². The molecule has 1 aromatic heterocycles. The SMILES string of the molecule is CN(C)CCc1nnc(Nc2ccc(O)cc2)o1. The normalized spacial score (nSPS) is 10.8. The highest BCUT2D eigenvalue weighted by Crippen LogP contribution is 2.18. The molecule has 0 atom stereocenters. The maximum absolute atomic E-state index is 9.16. The lowest BCUT2D eigenvalue weighted by molar-refractivity contribution is 0.387. The van der Waals surface area contributed by atoms with Crippen LogP contribution in [0.5, 0.6) is 5.75 Å². The van der Waals surface area contributed by atoms with E-state index in [1.54, 1.807) is 24.3 Å². The fourth-order valence-corrected chi connectivity index (χ4v) is 1.39. The van der Waals surface area contributed by atoms with E-state index in [0.717, 1.165) is 18.7 Å². The number of phenolic OH excluding ortho intramolecular Hbond substituents is 1. The molecule has 1 aromatic carbocycles. The summed E-state index contributed by atoms with van der Waals surface area (Å²) in [5, 5.41) is 20.0. The van der Waals surface area contributed by atoms with Gasteiger partial charge in [0, 0.05) is 18.7 Å². The molecule has 0 spiro atoms. The van der Waals surface area contributed by atoms with Crippen LogP contribution in [0.2, 0.25) is 0 Å². The Labute approximate surface area is 105 Å². The summed E-state index contributed by atoms with van der Waals surface area (Å²) in [7, 11) is 3.98. The predicted molar refractivity (Wildman–Crippen MR) is 67.9 cm³/mol. The van der Waals surface area contributed by atoms with Crippen molar-refractivity contribution in [2.24, 2.45) is 0 Å². The van der Waals surface area contributed by atoms with Crippen molar-refractivity contribution in [3.05, 3.63) is 30.2 Å². The summed E-state index contributed by atoms with van der Waals surface area (Å²) in [4.78, 5) is 2.05. The van der Waals surface area contributed by atoms with Gasteiger partial charge in [-0.15, -0.1) is 5.10 Å². The third-order valence-electron chi connectivity index (χ3n) is 2.36. The van der Waals surface area contributed by atoms with E-state index < -0.39 is 0 Å². The summed E-state index contributed by atoms with van der Waals surface area (Å²) in [6.45, 7) is 0.862. The molecule has 96 valence electrons. The number of hydrogen-bond donors (Lipinski definition) is 2. The summed E-state index contributed by atoms with van der Waals surface area (Å²) in [5.41, 5.74) is 0.788. The first-order chi connectivity index (χ1) is 8.63. The number of anilines is 2. The molecular weight excluding hydrogens is 232 g/mol. The molecule has 2 N–H and O–H groups in total. The van der Waals surface area contributed by atoms with Crippen molar-refractivity contribution in [3.63, 3.8) is 0 Å². The number of nitrogens with zero attached hydrogens (tertiary/aromatic N) is 3. The van der Waals surface area contributed by atoms with Gasteiger partial charge in [-0.3, -0.25) is 0 Å². The van der Waals surface area contributed by atoms with Gasteiger partial charge in [0.25, 0.3) is 0 Å². The van der Waals surface area contributed by atoms with Crippen LogP contribution in [0.3, 0.4) is 0 Å². The Balaban J connectivity index is 1.95. The number of likely N-dealkylation sites (N-methyl/N-ethyl adjacent to an activating group) is 1. The predicted octanol–water partition coefficient (Wildman–Crippen LogP) is 1.62. The molecule has 2 rings (SSSR count). The standard InChI is InChI=1S/C12H16N4O2/c1-16(2)8-7-11-14-15-12(18-11)13-9-3-5-10(17)6-4-9/h3-6,17H,7-8H2,1-2H3,(H,13,15). The Morgan fingerprint density at radius 1 is 1.22 bits per heavy atom. The first kappa shape index (κ1) is 12.4. The van der Waals surface area contributed by atoms with E-state index in [-0.39, 0.29) is 5.75 Å². The number of benzene rings is 1. The third kappa shape index (κ3) is 3.46. The van der Waals surface area contributed by atoms with E-state index in [0.29, 0.717) is 11.9 Å². The van der Waals surface area contributed by atoms with Crippen molar-refractivity contribution >= 4 is 11.7 Å². The minimum absolute atomic E-state index is 0.220. The number of phenols is 1. The average molecular weight is 248 g/mol. The molecular formula is C12H16N4O2. The summed E-state index contributed by atoms with van der Waals surface area (Å²) >= 11 is 0. The van der Waals surface area contributed by atoms with Gasteiger partial charge in [0.15, 0.2) is 0 Å². The molecule has 6 heteroatoms. The topological polar surface area (TPSA) is 74.4 Å². The van der Waals surface area contributed by atoms with E-state index in [1.165, 1.54) is 0 Å². The highest BCUT2D eigenvalue weighted by molar-refractivity contribution is 5.52. The molecule has 0 aliphatic rings. The lowest BCUT2D eigenvalue weighted by Crippen LogP contribution is -2.15. The molecule has 1 heterocycles. The molecule has 6 nitrogen and oxygen atoms in total. The minimum atomic E-state index is 0.220. The zero-order valence-electron chi connectivity index (χ0n) is 10.4. The van der Waals surface area contributed by atoms with Crippen LogP contribution in [0.1, 0.15) is 5.89 Å². The van der Waals surface area contributed by atoms with Crippen LogP contribution in [0.4, 0.5) is 11.7 Å². The Morgan fingerprint density at radius 2 is 1.94 bits per heavy atom. The van der Waals surface area contributed by atoms with E-state index in [9.17, 15) is 0 Å². The zero-order valence-corrected chi connectivity index (χ0v) is 10.4. The van der Waals surface area contributed by atoms with Crippen LogP contribution in [0.15, 0.2) is 28.7 Å². The van der Waals surface area contributed by atoms with Gasteiger partial charge >= 0.3 is 6.01 Å². The fraction of sp³-hybridized carbons (Fsp3) is 0.333. The first-order valence-corrected chi connectivity index (χ1v) is 5.66. The van der Waals surface area contributed by atoms with Crippen molar-refractivity contribution in [1.82, 2.24) is 15.1 Å². The van der Waals surface area contributed by atoms with Gasteiger partial charge in [0.05, 0.1) is 0 Å². The second-order valence-corrected chi connectivity index (χ2v) is 4.23. The molecule has 0 aliphatic heterocycles. The lowest BCUT2D eigenvalue weighted by Gasteiger charge is -2.05. The molecule has 0 fully saturated rings. The number of hydrogen-bond acceptors (Lipinski definition) is 6. The van der Waals surface area contributed by atoms with E-state index in [4.69, 9.17) is 9.52 Å². The molecule has 2 aromatic rings. The van der Waals surface area contributed by atoms with Gasteiger partial charge in [0.2, 0.25) is 5.89 Å². The van der Waals surface area contributed by atoms with Gasteiger partial charge in [-0.05, 0) is 38.4 Å². The minimum Gasteiger partial charge on any atom is -0.508 e. The summed E-state index contributed by atoms with van der Waals surface area (Å²) in [6.07, 6.45) is 0.720. The molecule has 0 aliphatic carbocycles. The summed E-state index contributed by atoms with van der Waals surface area (Å²) < 4.78 is 5.45. The smallest absolute Gasteiger partial charge is 0.320 e. The van der Waals surface area contributed by atoms with Crippen LogP contribution >= 0.6 is 0 Å². The third-order valence-corrected chi connectivity index (χ3v) is 2.36. The maximum atomic E-state index is 9.16. The summed E-state index contributed by atoms with van der Waals surface area (Å²) in [6, 6.07) is 7.00. The monoisotopic (exact) mass is 248 g/mol. The van der Waals surface area contributed by atoms with Gasteiger partial charge in [-0.2, -0.15) is 0 Å². The number of nitrogens with one attached hydrogen (secondary N) is 1. The van der Waals surface area contributed by atoms with Gasteiger partial charge in [-0.25, -0.2) is 0 Å². The molecule has 0 bridgehead atoms. The Bertz CT molecular complexity index is 493. The quantitative estimate of drug-likeness (QED) is 0.783. The Hall–Kier alpha value is -2.08. The Kier molecular flexibility index (Phi) is 3.78. The van der Waals surface area contributed by atoms with Crippen LogP contribution < -0.4 is 5.32 Å². The molecule has 0 amide bonds. The Morgan fingerprint density at radius 3 is 2.61 bits per heavy atom. The number of rotatable bonds is 5. The van der Waals surface area contributed by atoms with Crippen LogP contribution in [-0.2, 0) is 6.42 Å². The van der Waals surface area contributed by atoms with Gasteiger partial charge in [0.1, 0.15) is 5.75 Å². The van der Waals surface area contributed by atoms with Crippen LogP contribution in [-0.4, -0.2) is 40.8 Å². The van der Waals surface area contributed by atoms with E-state index in [2.05, 4.69) is 20.4 Å². The maximum Gasteiger partial charge on any atom is 0.320 e. The average Bonchev–Trinajstić information content (AvgIpc) is 2.77. The second kappa shape index (κ2) is 5.50. The van der Waals surface area contributed by atoms with E-state index in [1.807, 2.05) is 14.1 Å². The number of aromatic nitrogens is 2. The number of aromatic hydroxyl groups is 1. The second-order valence-electron chi connectivity index (χ2n) is 4.23. The zero-order chi connectivity index (χ0) is 13.0. The van der Waals surface area contributed by atoms with Crippen LogP contribution in [0.25, 0.3) is 0 Å². The lowest BCUT2D eigenvalue weighted by atomic mass is 10.3. The first-order valence-electron chi connectivity index (χ1n) is 5.66. The highest BCUT2D eigenvalue weighted by Gasteiger charge is 2.06. The molecule has 18 heavy (non-hydrogen) atoms. The van der Waals surface area contributed by atoms with Gasteiger partial charge < -0.3 is 19.7 Å².